The number of thiazole rings is 1. The van der Waals surface area contributed by atoms with E-state index in [4.69, 9.17) is 19.6 Å². The van der Waals surface area contributed by atoms with Crippen LogP contribution < -0.4 is 24.4 Å². The van der Waals surface area contributed by atoms with E-state index < -0.39 is 18.6 Å². The third-order valence-corrected chi connectivity index (χ3v) is 8.23. The van der Waals surface area contributed by atoms with E-state index >= 15 is 0 Å². The van der Waals surface area contributed by atoms with E-state index in [1.54, 1.807) is 46.9 Å². The molecule has 1 aromatic heterocycles. The van der Waals surface area contributed by atoms with E-state index in [0.717, 1.165) is 16.3 Å². The highest BCUT2D eigenvalue weighted by Crippen LogP contribution is 2.40. The molecule has 0 aliphatic carbocycles. The Bertz CT molecular complexity index is 1900. The lowest BCUT2D eigenvalue weighted by molar-refractivity contribution is -0.139. The topological polar surface area (TPSA) is 110 Å². The predicted molar refractivity (Wildman–Crippen MR) is 162 cm³/mol. The number of allylic oxidation sites excluding steroid dienone is 1. The number of fused-ring (bicyclic) bond motifs is 2. The molecule has 1 atom stereocenters. The number of nitrogens with zero attached hydrogens (tertiary/aromatic N) is 3. The lowest BCUT2D eigenvalue weighted by Crippen LogP contribution is -2.43. The fourth-order valence-corrected chi connectivity index (χ4v) is 6.32. The summed E-state index contributed by atoms with van der Waals surface area (Å²) in [5.41, 5.74) is 2.06. The van der Waals surface area contributed by atoms with Gasteiger partial charge >= 0.3 is 5.97 Å². The second-order valence-electron chi connectivity index (χ2n) is 9.72. The number of carboxylic acid groups (broad SMARTS) is 1. The molecule has 1 N–H and O–H groups in total. The monoisotopic (exact) mass is 585 g/mol. The minimum atomic E-state index is -1.08. The zero-order chi connectivity index (χ0) is 30.0. The van der Waals surface area contributed by atoms with Crippen LogP contribution in [0.3, 0.4) is 0 Å². The lowest BCUT2D eigenvalue weighted by Gasteiger charge is -2.30. The highest BCUT2D eigenvalue weighted by molar-refractivity contribution is 7.07. The first-order valence-corrected chi connectivity index (χ1v) is 14.4. The largest absolute Gasteiger partial charge is 0.496 e. The van der Waals surface area contributed by atoms with Gasteiger partial charge in [-0.05, 0) is 61.4 Å². The Morgan fingerprint density at radius 3 is 2.57 bits per heavy atom. The van der Waals surface area contributed by atoms with E-state index in [0.29, 0.717) is 50.8 Å². The smallest absolute Gasteiger partial charge is 0.341 e. The fourth-order valence-electron chi connectivity index (χ4n) is 5.28. The first kappa shape index (κ1) is 28.8. The zero-order valence-electron chi connectivity index (χ0n) is 23.8. The van der Waals surface area contributed by atoms with Crippen molar-refractivity contribution in [2.24, 2.45) is 4.99 Å². The van der Waals surface area contributed by atoms with Crippen molar-refractivity contribution in [3.05, 3.63) is 103 Å². The van der Waals surface area contributed by atoms with Gasteiger partial charge in [0.1, 0.15) is 17.5 Å². The second kappa shape index (κ2) is 12.0. The maximum atomic E-state index is 14.2. The predicted octanol–water partition coefficient (Wildman–Crippen LogP) is 3.73. The third-order valence-electron chi connectivity index (χ3n) is 7.24. The number of rotatable bonds is 9. The van der Waals surface area contributed by atoms with Crippen molar-refractivity contribution < 1.29 is 24.2 Å². The van der Waals surface area contributed by atoms with E-state index in [1.165, 1.54) is 11.3 Å². The highest BCUT2D eigenvalue weighted by Gasteiger charge is 2.36. The molecular weight excluding hydrogens is 554 g/mol. The van der Waals surface area contributed by atoms with Crippen LogP contribution in [0.4, 0.5) is 0 Å². The molecule has 0 radical (unpaired) electrons. The molecule has 5 rings (SSSR count). The van der Waals surface area contributed by atoms with Crippen LogP contribution in [-0.2, 0) is 9.59 Å². The maximum Gasteiger partial charge on any atom is 0.341 e. The van der Waals surface area contributed by atoms with Crippen LogP contribution >= 0.6 is 11.3 Å². The fraction of sp³-hybridized carbons (Fsp3) is 0.250. The Labute approximate surface area is 246 Å². The second-order valence-corrected chi connectivity index (χ2v) is 10.7. The van der Waals surface area contributed by atoms with Gasteiger partial charge in [0.05, 0.1) is 22.9 Å². The number of carbonyl (C=O) groups is 2. The third kappa shape index (κ3) is 5.33. The number of aromatic nitrogens is 1. The minimum absolute atomic E-state index is 0.182. The molecule has 10 heteroatoms. The van der Waals surface area contributed by atoms with E-state index in [9.17, 15) is 14.4 Å². The molecule has 3 aromatic carbocycles. The van der Waals surface area contributed by atoms with Gasteiger partial charge in [0.15, 0.2) is 11.4 Å². The molecule has 0 spiro atoms. The SMILES string of the molecule is CCN(CC)C(=O)C1=C(C)N=c2s/c(=C/c3cccc(OCC(=O)O)c3)c(=O)n2[C@H]1c1c(OC)ccc2ccccc12. The van der Waals surface area contributed by atoms with Crippen molar-refractivity contribution in [1.29, 1.82) is 0 Å². The Hall–Kier alpha value is -4.70. The highest BCUT2D eigenvalue weighted by atomic mass is 32.1. The van der Waals surface area contributed by atoms with Crippen LogP contribution in [-0.4, -0.2) is 53.3 Å². The summed E-state index contributed by atoms with van der Waals surface area (Å²) in [4.78, 5) is 46.2. The number of carbonyl (C=O) groups excluding carboxylic acids is 1. The summed E-state index contributed by atoms with van der Waals surface area (Å²) in [5.74, 6) is -0.321. The van der Waals surface area contributed by atoms with Gasteiger partial charge in [-0.15, -0.1) is 0 Å². The number of methoxy groups -OCH3 is 1. The van der Waals surface area contributed by atoms with Crippen molar-refractivity contribution in [3.63, 3.8) is 0 Å². The van der Waals surface area contributed by atoms with Crippen molar-refractivity contribution in [2.75, 3.05) is 26.8 Å². The van der Waals surface area contributed by atoms with Crippen LogP contribution in [0.5, 0.6) is 11.5 Å². The van der Waals surface area contributed by atoms with Crippen LogP contribution in [0, 0.1) is 0 Å². The first-order valence-electron chi connectivity index (χ1n) is 13.6. The Morgan fingerprint density at radius 1 is 1.10 bits per heavy atom. The number of hydrogen-bond acceptors (Lipinski definition) is 7. The molecule has 2 heterocycles. The Kier molecular flexibility index (Phi) is 8.26. The molecule has 1 amide bonds. The van der Waals surface area contributed by atoms with E-state index in [-0.39, 0.29) is 11.5 Å². The standard InChI is InChI=1S/C32H31N3O6S/c1-5-34(6-2)31(39)27-19(3)33-32-35(29(27)28-23-13-8-7-11-21(23)14-15-24(28)40-4)30(38)25(42-32)17-20-10-9-12-22(16-20)41-18-26(36)37/h7-17,29H,5-6,18H2,1-4H3,(H,36,37)/b25-17+/t29-/m1/s1. The molecule has 0 saturated carbocycles. The number of amides is 1. The van der Waals surface area contributed by atoms with Crippen molar-refractivity contribution in [2.45, 2.75) is 26.8 Å². The van der Waals surface area contributed by atoms with Gasteiger partial charge in [-0.3, -0.25) is 14.2 Å². The quantitative estimate of drug-likeness (QED) is 0.321. The van der Waals surface area contributed by atoms with Gasteiger partial charge in [0.25, 0.3) is 11.5 Å². The average Bonchev–Trinajstić information content (AvgIpc) is 3.29. The number of aliphatic carboxylic acids is 1. The van der Waals surface area contributed by atoms with Gasteiger partial charge in [-0.1, -0.05) is 53.8 Å². The minimum Gasteiger partial charge on any atom is -0.496 e. The van der Waals surface area contributed by atoms with Crippen molar-refractivity contribution >= 4 is 40.1 Å². The number of hydrogen-bond donors (Lipinski definition) is 1. The summed E-state index contributed by atoms with van der Waals surface area (Å²) in [5, 5.41) is 10.8. The number of likely N-dealkylation sites (N-methyl/N-ethyl adjacent to an activating group) is 1. The van der Waals surface area contributed by atoms with Gasteiger partial charge in [0.2, 0.25) is 0 Å². The maximum absolute atomic E-state index is 14.2. The molecule has 216 valence electrons. The first-order chi connectivity index (χ1) is 20.3. The van der Waals surface area contributed by atoms with Crippen LogP contribution in [0.15, 0.2) is 81.7 Å². The molecule has 9 nitrogen and oxygen atoms in total. The summed E-state index contributed by atoms with van der Waals surface area (Å²) in [6, 6.07) is 17.8. The molecule has 1 aliphatic rings. The van der Waals surface area contributed by atoms with Crippen LogP contribution in [0.2, 0.25) is 0 Å². The summed E-state index contributed by atoms with van der Waals surface area (Å²) in [7, 11) is 1.58. The van der Waals surface area contributed by atoms with Crippen LogP contribution in [0.1, 0.15) is 37.9 Å². The van der Waals surface area contributed by atoms with E-state index in [1.807, 2.05) is 57.2 Å². The molecule has 0 fully saturated rings. The van der Waals surface area contributed by atoms with Gasteiger partial charge in [-0.25, -0.2) is 9.79 Å². The Morgan fingerprint density at radius 2 is 1.86 bits per heavy atom. The molecule has 42 heavy (non-hydrogen) atoms. The molecule has 0 bridgehead atoms. The van der Waals surface area contributed by atoms with Gasteiger partial charge < -0.3 is 19.5 Å². The molecule has 0 unspecified atom stereocenters. The van der Waals surface area contributed by atoms with Crippen LogP contribution in [0.25, 0.3) is 16.8 Å². The number of ether oxygens (including phenoxy) is 2. The molecule has 0 saturated heterocycles. The van der Waals surface area contributed by atoms with Gasteiger partial charge in [-0.2, -0.15) is 0 Å². The number of benzene rings is 3. The summed E-state index contributed by atoms with van der Waals surface area (Å²) in [6.07, 6.45) is 1.72. The zero-order valence-corrected chi connectivity index (χ0v) is 24.6. The molecule has 1 aliphatic heterocycles. The van der Waals surface area contributed by atoms with Gasteiger partial charge in [0, 0.05) is 18.7 Å². The summed E-state index contributed by atoms with van der Waals surface area (Å²) in [6.45, 7) is 6.21. The molecular formula is C32H31N3O6S. The number of carboxylic acids is 1. The molecule has 4 aromatic rings. The summed E-state index contributed by atoms with van der Waals surface area (Å²) < 4.78 is 13.2. The lowest BCUT2D eigenvalue weighted by atomic mass is 9.90. The average molecular weight is 586 g/mol. The van der Waals surface area contributed by atoms with E-state index in [2.05, 4.69) is 0 Å². The van der Waals surface area contributed by atoms with Crippen molar-refractivity contribution in [1.82, 2.24) is 9.47 Å². The Balaban J connectivity index is 1.77. The summed E-state index contributed by atoms with van der Waals surface area (Å²) >= 11 is 1.23. The van der Waals surface area contributed by atoms with Crippen molar-refractivity contribution in [3.8, 4) is 11.5 Å². The normalized spacial score (nSPS) is 14.9.